The van der Waals surface area contributed by atoms with Crippen molar-refractivity contribution in [2.75, 3.05) is 33.4 Å². The van der Waals surface area contributed by atoms with Gasteiger partial charge in [0.25, 0.3) is 0 Å². The van der Waals surface area contributed by atoms with E-state index < -0.39 is 0 Å². The van der Waals surface area contributed by atoms with Crippen LogP contribution in [-0.2, 0) is 4.74 Å². The molecule has 0 bridgehead atoms. The van der Waals surface area contributed by atoms with Crippen molar-refractivity contribution in [3.8, 4) is 0 Å². The summed E-state index contributed by atoms with van der Waals surface area (Å²) in [4.78, 5) is 0. The smallest absolute Gasteiger partial charge is 0.0499 e. The van der Waals surface area contributed by atoms with E-state index in [1.807, 2.05) is 0 Å². The molecule has 0 heterocycles. The molecule has 0 unspecified atom stereocenters. The van der Waals surface area contributed by atoms with Crippen LogP contribution in [0, 0.1) is 5.41 Å². The molecule has 90 valence electrons. The molecule has 0 atom stereocenters. The number of aliphatic hydroxyl groups is 1. The quantitative estimate of drug-likeness (QED) is 0.604. The normalized spacial score (nSPS) is 19.6. The molecule has 2 N–H and O–H groups in total. The van der Waals surface area contributed by atoms with E-state index in [2.05, 4.69) is 5.32 Å². The van der Waals surface area contributed by atoms with E-state index in [9.17, 15) is 5.11 Å². The lowest BCUT2D eigenvalue weighted by atomic mass is 9.87. The Morgan fingerprint density at radius 2 is 2.00 bits per heavy atom. The Hall–Kier alpha value is -0.120. The summed E-state index contributed by atoms with van der Waals surface area (Å²) in [6.07, 6.45) is 7.23. The molecule has 1 rings (SSSR count). The second-order valence-corrected chi connectivity index (χ2v) is 4.74. The minimum Gasteiger partial charge on any atom is -0.396 e. The molecule has 1 fully saturated rings. The van der Waals surface area contributed by atoms with Gasteiger partial charge in [-0.2, -0.15) is 0 Å². The van der Waals surface area contributed by atoms with Crippen molar-refractivity contribution in [1.29, 1.82) is 0 Å². The van der Waals surface area contributed by atoms with Crippen LogP contribution < -0.4 is 5.32 Å². The molecule has 0 saturated heterocycles. The van der Waals surface area contributed by atoms with Crippen molar-refractivity contribution in [1.82, 2.24) is 5.32 Å². The molecule has 0 aromatic rings. The second-order valence-electron chi connectivity index (χ2n) is 4.74. The molecular weight excluding hydrogens is 190 g/mol. The molecule has 0 radical (unpaired) electrons. The van der Waals surface area contributed by atoms with E-state index in [1.54, 1.807) is 7.11 Å². The van der Waals surface area contributed by atoms with E-state index >= 15 is 0 Å². The van der Waals surface area contributed by atoms with E-state index in [-0.39, 0.29) is 5.41 Å². The van der Waals surface area contributed by atoms with Crippen LogP contribution in [-0.4, -0.2) is 38.5 Å². The predicted molar refractivity (Wildman–Crippen MR) is 62.0 cm³/mol. The molecule has 0 aromatic carbocycles. The molecule has 0 aliphatic heterocycles. The molecule has 3 heteroatoms. The zero-order valence-corrected chi connectivity index (χ0v) is 9.93. The molecule has 0 spiro atoms. The van der Waals surface area contributed by atoms with Crippen LogP contribution in [0.25, 0.3) is 0 Å². The third kappa shape index (κ3) is 4.49. The second kappa shape index (κ2) is 7.20. The maximum atomic E-state index is 9.40. The van der Waals surface area contributed by atoms with E-state index in [1.165, 1.54) is 25.7 Å². The van der Waals surface area contributed by atoms with Gasteiger partial charge >= 0.3 is 0 Å². The number of nitrogens with one attached hydrogen (secondary N) is 1. The SMILES string of the molecule is COCCCCNCC1(CO)CCCC1. The summed E-state index contributed by atoms with van der Waals surface area (Å²) in [7, 11) is 1.74. The molecule has 15 heavy (non-hydrogen) atoms. The van der Waals surface area contributed by atoms with Crippen LogP contribution in [0.3, 0.4) is 0 Å². The highest BCUT2D eigenvalue weighted by atomic mass is 16.5. The van der Waals surface area contributed by atoms with Crippen molar-refractivity contribution < 1.29 is 9.84 Å². The van der Waals surface area contributed by atoms with E-state index in [4.69, 9.17) is 4.74 Å². The molecule has 1 saturated carbocycles. The lowest BCUT2D eigenvalue weighted by Crippen LogP contribution is -2.35. The summed E-state index contributed by atoms with van der Waals surface area (Å²) in [6.45, 7) is 3.23. The number of unbranched alkanes of at least 4 members (excludes halogenated alkanes) is 1. The highest BCUT2D eigenvalue weighted by Crippen LogP contribution is 2.36. The van der Waals surface area contributed by atoms with Gasteiger partial charge in [0.15, 0.2) is 0 Å². The van der Waals surface area contributed by atoms with Gasteiger partial charge in [-0.1, -0.05) is 12.8 Å². The molecule has 1 aliphatic rings. The summed E-state index contributed by atoms with van der Waals surface area (Å²) in [5.41, 5.74) is 0.196. The summed E-state index contributed by atoms with van der Waals surface area (Å²) in [5.74, 6) is 0. The van der Waals surface area contributed by atoms with Gasteiger partial charge in [0, 0.05) is 32.3 Å². The molecule has 1 aliphatic carbocycles. The molecular formula is C12H25NO2. The van der Waals surface area contributed by atoms with Crippen LogP contribution in [0.4, 0.5) is 0 Å². The molecule has 0 aromatic heterocycles. The van der Waals surface area contributed by atoms with Gasteiger partial charge in [0.1, 0.15) is 0 Å². The number of aliphatic hydroxyl groups excluding tert-OH is 1. The lowest BCUT2D eigenvalue weighted by molar-refractivity contribution is 0.128. The Balaban J connectivity index is 2.02. The number of methoxy groups -OCH3 is 1. The first-order valence-electron chi connectivity index (χ1n) is 6.13. The monoisotopic (exact) mass is 215 g/mol. The van der Waals surface area contributed by atoms with Gasteiger partial charge in [-0.15, -0.1) is 0 Å². The lowest BCUT2D eigenvalue weighted by Gasteiger charge is -2.26. The van der Waals surface area contributed by atoms with Gasteiger partial charge in [0.05, 0.1) is 0 Å². The maximum absolute atomic E-state index is 9.40. The van der Waals surface area contributed by atoms with Gasteiger partial charge in [-0.3, -0.25) is 0 Å². The van der Waals surface area contributed by atoms with Crippen LogP contribution in [0.2, 0.25) is 0 Å². The average molecular weight is 215 g/mol. The van der Waals surface area contributed by atoms with Crippen molar-refractivity contribution in [3.05, 3.63) is 0 Å². The topological polar surface area (TPSA) is 41.5 Å². The van der Waals surface area contributed by atoms with Crippen molar-refractivity contribution >= 4 is 0 Å². The number of hydrogen-bond acceptors (Lipinski definition) is 3. The van der Waals surface area contributed by atoms with Gasteiger partial charge < -0.3 is 15.2 Å². The Morgan fingerprint density at radius 3 is 2.60 bits per heavy atom. The number of ether oxygens (including phenoxy) is 1. The zero-order chi connectivity index (χ0) is 11.0. The van der Waals surface area contributed by atoms with Crippen molar-refractivity contribution in [2.24, 2.45) is 5.41 Å². The fourth-order valence-corrected chi connectivity index (χ4v) is 2.37. The minimum absolute atomic E-state index is 0.196. The van der Waals surface area contributed by atoms with Crippen molar-refractivity contribution in [3.63, 3.8) is 0 Å². The largest absolute Gasteiger partial charge is 0.396 e. The zero-order valence-electron chi connectivity index (χ0n) is 9.93. The van der Waals surface area contributed by atoms with Crippen LogP contribution >= 0.6 is 0 Å². The summed E-state index contributed by atoms with van der Waals surface area (Å²) >= 11 is 0. The maximum Gasteiger partial charge on any atom is 0.0499 e. The fraction of sp³-hybridized carbons (Fsp3) is 1.00. The van der Waals surface area contributed by atoms with E-state index in [0.717, 1.165) is 32.5 Å². The summed E-state index contributed by atoms with van der Waals surface area (Å²) < 4.78 is 5.00. The van der Waals surface area contributed by atoms with Gasteiger partial charge in [0.2, 0.25) is 0 Å². The molecule has 3 nitrogen and oxygen atoms in total. The van der Waals surface area contributed by atoms with E-state index in [0.29, 0.717) is 6.61 Å². The first-order chi connectivity index (χ1) is 7.33. The van der Waals surface area contributed by atoms with Crippen LogP contribution in [0.15, 0.2) is 0 Å². The van der Waals surface area contributed by atoms with Gasteiger partial charge in [-0.05, 0) is 32.2 Å². The number of hydrogen-bond donors (Lipinski definition) is 2. The Labute approximate surface area is 93.2 Å². The Kier molecular flexibility index (Phi) is 6.22. The Morgan fingerprint density at radius 1 is 1.27 bits per heavy atom. The van der Waals surface area contributed by atoms with Gasteiger partial charge in [-0.25, -0.2) is 0 Å². The Bertz CT molecular complexity index is 156. The average Bonchev–Trinajstić information content (AvgIpc) is 2.73. The molecule has 0 amide bonds. The van der Waals surface area contributed by atoms with Crippen LogP contribution in [0.1, 0.15) is 38.5 Å². The highest BCUT2D eigenvalue weighted by Gasteiger charge is 2.32. The predicted octanol–water partition coefficient (Wildman–Crippen LogP) is 1.56. The highest BCUT2D eigenvalue weighted by molar-refractivity contribution is 4.85. The number of rotatable bonds is 8. The standard InChI is InChI=1S/C12H25NO2/c1-15-9-5-4-8-13-10-12(11-14)6-2-3-7-12/h13-14H,2-11H2,1H3. The first kappa shape index (κ1) is 12.9. The third-order valence-corrected chi connectivity index (χ3v) is 3.45. The minimum atomic E-state index is 0.196. The fourth-order valence-electron chi connectivity index (χ4n) is 2.37. The van der Waals surface area contributed by atoms with Crippen LogP contribution in [0.5, 0.6) is 0 Å². The first-order valence-corrected chi connectivity index (χ1v) is 6.13. The third-order valence-electron chi connectivity index (χ3n) is 3.45. The summed E-state index contributed by atoms with van der Waals surface area (Å²) in [5, 5.41) is 12.9. The van der Waals surface area contributed by atoms with Crippen molar-refractivity contribution in [2.45, 2.75) is 38.5 Å². The summed E-state index contributed by atoms with van der Waals surface area (Å²) in [6, 6.07) is 0.